The molecule has 4 aliphatic rings. The van der Waals surface area contributed by atoms with Gasteiger partial charge in [-0.15, -0.1) is 0 Å². The molecule has 1 spiro atoms. The Labute approximate surface area is 157 Å². The third-order valence-electron chi connectivity index (χ3n) is 6.54. The third kappa shape index (κ3) is 2.68. The first-order chi connectivity index (χ1) is 12.9. The van der Waals surface area contributed by atoms with E-state index in [-0.39, 0.29) is 24.1 Å². The summed E-state index contributed by atoms with van der Waals surface area (Å²) in [5, 5.41) is 2.35. The molecule has 3 fully saturated rings. The zero-order valence-corrected chi connectivity index (χ0v) is 15.2. The van der Waals surface area contributed by atoms with Gasteiger partial charge in [0, 0.05) is 44.2 Å². The van der Waals surface area contributed by atoms with Gasteiger partial charge in [0.2, 0.25) is 11.8 Å². The number of carbonyl (C=O) groups excluding carboxylic acids is 3. The summed E-state index contributed by atoms with van der Waals surface area (Å²) in [5.41, 5.74) is 9.11. The molecule has 0 aromatic heterocycles. The molecule has 3 heterocycles. The summed E-state index contributed by atoms with van der Waals surface area (Å²) in [6.07, 6.45) is 2.90. The molecule has 2 saturated heterocycles. The van der Waals surface area contributed by atoms with E-state index in [2.05, 4.69) is 10.2 Å². The lowest BCUT2D eigenvalue weighted by Gasteiger charge is -2.58. The van der Waals surface area contributed by atoms with Gasteiger partial charge in [0.05, 0.1) is 0 Å². The minimum absolute atomic E-state index is 0.0870. The molecule has 1 aromatic carbocycles. The molecule has 3 aliphatic heterocycles. The third-order valence-corrected chi connectivity index (χ3v) is 6.54. The predicted molar refractivity (Wildman–Crippen MR) is 97.4 cm³/mol. The molecule has 5 rings (SSSR count). The number of amides is 3. The fraction of sp³-hybridized carbons (Fsp3) is 0.550. The van der Waals surface area contributed by atoms with Crippen molar-refractivity contribution in [3.8, 4) is 0 Å². The SMILES string of the molecule is NC1CC2(C1)CN(Cc1cccc3c1C(=O)N(C1CCC(=O)NC1=O)C3)C2. The molecule has 27 heavy (non-hydrogen) atoms. The first-order valence-corrected chi connectivity index (χ1v) is 9.67. The van der Waals surface area contributed by atoms with E-state index in [0.29, 0.717) is 24.4 Å². The Bertz CT molecular complexity index is 838. The number of hydrogen-bond acceptors (Lipinski definition) is 5. The van der Waals surface area contributed by atoms with Crippen LogP contribution >= 0.6 is 0 Å². The summed E-state index contributed by atoms with van der Waals surface area (Å²) in [4.78, 5) is 40.7. The van der Waals surface area contributed by atoms with Gasteiger partial charge in [-0.3, -0.25) is 24.6 Å². The van der Waals surface area contributed by atoms with Gasteiger partial charge in [0.15, 0.2) is 0 Å². The van der Waals surface area contributed by atoms with E-state index < -0.39 is 6.04 Å². The molecule has 1 aromatic rings. The van der Waals surface area contributed by atoms with E-state index in [1.807, 2.05) is 18.2 Å². The highest BCUT2D eigenvalue weighted by Crippen LogP contribution is 2.48. The Morgan fingerprint density at radius 3 is 2.67 bits per heavy atom. The zero-order chi connectivity index (χ0) is 18.8. The molecule has 3 amide bonds. The number of fused-ring (bicyclic) bond motifs is 1. The molecule has 0 bridgehead atoms. The number of nitrogens with zero attached hydrogens (tertiary/aromatic N) is 2. The smallest absolute Gasteiger partial charge is 0.255 e. The second kappa shape index (κ2) is 5.87. The van der Waals surface area contributed by atoms with Crippen LogP contribution in [0.25, 0.3) is 0 Å². The van der Waals surface area contributed by atoms with Crippen LogP contribution in [-0.2, 0) is 22.7 Å². The molecule has 142 valence electrons. The van der Waals surface area contributed by atoms with Gasteiger partial charge in [-0.2, -0.15) is 0 Å². The van der Waals surface area contributed by atoms with E-state index in [0.717, 1.165) is 49.2 Å². The van der Waals surface area contributed by atoms with Crippen molar-refractivity contribution in [3.63, 3.8) is 0 Å². The maximum Gasteiger partial charge on any atom is 0.255 e. The van der Waals surface area contributed by atoms with Gasteiger partial charge in [-0.05, 0) is 35.8 Å². The molecule has 3 N–H and O–H groups in total. The lowest BCUT2D eigenvalue weighted by molar-refractivity contribution is -0.136. The Morgan fingerprint density at radius 2 is 1.96 bits per heavy atom. The molecule has 1 aliphatic carbocycles. The van der Waals surface area contributed by atoms with Crippen molar-refractivity contribution >= 4 is 17.7 Å². The lowest BCUT2D eigenvalue weighted by atomic mass is 9.61. The van der Waals surface area contributed by atoms with Gasteiger partial charge in [0.1, 0.15) is 6.04 Å². The highest BCUT2D eigenvalue weighted by Gasteiger charge is 2.51. The van der Waals surface area contributed by atoms with Crippen molar-refractivity contribution in [1.29, 1.82) is 0 Å². The first kappa shape index (κ1) is 16.9. The average molecular weight is 368 g/mol. The van der Waals surface area contributed by atoms with Gasteiger partial charge >= 0.3 is 0 Å². The van der Waals surface area contributed by atoms with Crippen LogP contribution in [0.3, 0.4) is 0 Å². The topological polar surface area (TPSA) is 95.7 Å². The zero-order valence-electron chi connectivity index (χ0n) is 15.2. The molecule has 1 unspecified atom stereocenters. The van der Waals surface area contributed by atoms with Crippen molar-refractivity contribution in [3.05, 3.63) is 34.9 Å². The largest absolute Gasteiger partial charge is 0.328 e. The first-order valence-electron chi connectivity index (χ1n) is 9.67. The summed E-state index contributed by atoms with van der Waals surface area (Å²) in [6.45, 7) is 3.30. The van der Waals surface area contributed by atoms with Crippen LogP contribution in [0.15, 0.2) is 18.2 Å². The highest BCUT2D eigenvalue weighted by molar-refractivity contribution is 6.05. The normalized spacial score (nSPS) is 27.4. The molecule has 7 nitrogen and oxygen atoms in total. The van der Waals surface area contributed by atoms with Crippen LogP contribution in [0.5, 0.6) is 0 Å². The number of carbonyl (C=O) groups is 3. The summed E-state index contributed by atoms with van der Waals surface area (Å²) < 4.78 is 0. The number of hydrogen-bond donors (Lipinski definition) is 2. The summed E-state index contributed by atoms with van der Waals surface area (Å²) >= 11 is 0. The van der Waals surface area contributed by atoms with E-state index in [1.165, 1.54) is 0 Å². The Balaban J connectivity index is 1.31. The number of rotatable bonds is 3. The fourth-order valence-electron chi connectivity index (χ4n) is 5.39. The van der Waals surface area contributed by atoms with E-state index in [1.54, 1.807) is 4.90 Å². The minimum atomic E-state index is -0.556. The van der Waals surface area contributed by atoms with Gasteiger partial charge < -0.3 is 10.6 Å². The van der Waals surface area contributed by atoms with Gasteiger partial charge in [0.25, 0.3) is 5.91 Å². The second-order valence-electron chi connectivity index (χ2n) is 8.66. The minimum Gasteiger partial charge on any atom is -0.328 e. The van der Waals surface area contributed by atoms with Crippen LogP contribution in [0.4, 0.5) is 0 Å². The second-order valence-corrected chi connectivity index (χ2v) is 8.66. The molecule has 1 atom stereocenters. The molecular formula is C20H24N4O3. The van der Waals surface area contributed by atoms with Crippen LogP contribution in [-0.4, -0.2) is 52.7 Å². The monoisotopic (exact) mass is 368 g/mol. The van der Waals surface area contributed by atoms with Crippen molar-refractivity contribution in [2.75, 3.05) is 13.1 Å². The molecule has 1 saturated carbocycles. The molecular weight excluding hydrogens is 344 g/mol. The molecule has 7 heteroatoms. The standard InChI is InChI=1S/C20H24N4O3/c21-14-6-20(7-14)10-23(11-20)8-12-2-1-3-13-9-24(19(27)17(12)13)15-4-5-16(25)22-18(15)26/h1-3,14-15H,4-11,21H2,(H,22,25,26). The number of nitrogens with one attached hydrogen (secondary N) is 1. The quantitative estimate of drug-likeness (QED) is 0.752. The lowest BCUT2D eigenvalue weighted by Crippen LogP contribution is -2.64. The van der Waals surface area contributed by atoms with Crippen LogP contribution in [0.1, 0.15) is 47.2 Å². The van der Waals surface area contributed by atoms with Crippen molar-refractivity contribution < 1.29 is 14.4 Å². The number of likely N-dealkylation sites (tertiary alicyclic amines) is 1. The Hall–Kier alpha value is -2.25. The average Bonchev–Trinajstić information content (AvgIpc) is 2.89. The summed E-state index contributed by atoms with van der Waals surface area (Å²) in [6, 6.07) is 5.77. The maximum absolute atomic E-state index is 13.1. The number of piperidine rings is 1. The Morgan fingerprint density at radius 1 is 1.19 bits per heavy atom. The fourth-order valence-corrected chi connectivity index (χ4v) is 5.39. The van der Waals surface area contributed by atoms with E-state index in [4.69, 9.17) is 5.73 Å². The highest BCUT2D eigenvalue weighted by atomic mass is 16.2. The van der Waals surface area contributed by atoms with E-state index in [9.17, 15) is 14.4 Å². The molecule has 0 radical (unpaired) electrons. The van der Waals surface area contributed by atoms with Crippen molar-refractivity contribution in [1.82, 2.24) is 15.1 Å². The number of nitrogens with two attached hydrogens (primary N) is 1. The summed E-state index contributed by atoms with van der Waals surface area (Å²) in [5.74, 6) is -0.709. The Kier molecular flexibility index (Phi) is 3.67. The van der Waals surface area contributed by atoms with Crippen LogP contribution in [0.2, 0.25) is 0 Å². The van der Waals surface area contributed by atoms with E-state index >= 15 is 0 Å². The van der Waals surface area contributed by atoms with Crippen molar-refractivity contribution in [2.45, 2.75) is 50.9 Å². The van der Waals surface area contributed by atoms with Gasteiger partial charge in [-0.1, -0.05) is 18.2 Å². The maximum atomic E-state index is 13.1. The van der Waals surface area contributed by atoms with Crippen LogP contribution < -0.4 is 11.1 Å². The van der Waals surface area contributed by atoms with Crippen LogP contribution in [0, 0.1) is 5.41 Å². The predicted octanol–water partition coefficient (Wildman–Crippen LogP) is 0.371. The van der Waals surface area contributed by atoms with Gasteiger partial charge in [-0.25, -0.2) is 0 Å². The summed E-state index contributed by atoms with van der Waals surface area (Å²) in [7, 11) is 0. The number of imide groups is 1. The number of benzene rings is 1. The van der Waals surface area contributed by atoms with Crippen molar-refractivity contribution in [2.24, 2.45) is 11.1 Å².